The third kappa shape index (κ3) is 3.01. The summed E-state index contributed by atoms with van der Waals surface area (Å²) in [6.45, 7) is 3.16. The van der Waals surface area contributed by atoms with Crippen molar-refractivity contribution in [1.82, 2.24) is 15.3 Å². The number of aliphatic carboxylic acids is 1. The molecule has 86 valence electrons. The molecule has 6 nitrogen and oxygen atoms in total. The summed E-state index contributed by atoms with van der Waals surface area (Å²) in [6.07, 6.45) is 4.19. The lowest BCUT2D eigenvalue weighted by Gasteiger charge is -2.17. The molecule has 0 radical (unpaired) electrons. The second kappa shape index (κ2) is 5.20. The van der Waals surface area contributed by atoms with Gasteiger partial charge in [-0.15, -0.1) is 0 Å². The van der Waals surface area contributed by atoms with Crippen LogP contribution in [0.15, 0.2) is 18.6 Å². The van der Waals surface area contributed by atoms with Crippen molar-refractivity contribution in [3.8, 4) is 0 Å². The van der Waals surface area contributed by atoms with Crippen LogP contribution in [0.3, 0.4) is 0 Å². The number of carboxylic acid groups (broad SMARTS) is 1. The first-order valence-electron chi connectivity index (χ1n) is 4.82. The van der Waals surface area contributed by atoms with E-state index in [1.165, 1.54) is 25.5 Å². The smallest absolute Gasteiger partial charge is 0.308 e. The van der Waals surface area contributed by atoms with Gasteiger partial charge >= 0.3 is 5.97 Å². The predicted octanol–water partition coefficient (Wildman–Crippen LogP) is 0.316. The molecule has 2 unspecified atom stereocenters. The Morgan fingerprint density at radius 1 is 1.38 bits per heavy atom. The Hall–Kier alpha value is -1.98. The average molecular weight is 223 g/mol. The molecule has 1 aromatic rings. The van der Waals surface area contributed by atoms with Crippen LogP contribution in [0, 0.1) is 5.92 Å². The Morgan fingerprint density at radius 3 is 2.56 bits per heavy atom. The molecule has 0 aliphatic rings. The van der Waals surface area contributed by atoms with E-state index in [1.54, 1.807) is 6.92 Å². The van der Waals surface area contributed by atoms with Crippen LogP contribution < -0.4 is 5.32 Å². The molecule has 6 heteroatoms. The van der Waals surface area contributed by atoms with Crippen LogP contribution in [0.1, 0.15) is 24.3 Å². The quantitative estimate of drug-likeness (QED) is 0.766. The van der Waals surface area contributed by atoms with Crippen LogP contribution in [0.25, 0.3) is 0 Å². The highest BCUT2D eigenvalue weighted by molar-refractivity contribution is 5.92. The summed E-state index contributed by atoms with van der Waals surface area (Å²) >= 11 is 0. The lowest BCUT2D eigenvalue weighted by molar-refractivity contribution is -0.141. The molecule has 2 atom stereocenters. The van der Waals surface area contributed by atoms with Gasteiger partial charge in [0.05, 0.1) is 12.1 Å². The van der Waals surface area contributed by atoms with Gasteiger partial charge in [0.25, 0.3) is 5.91 Å². The summed E-state index contributed by atoms with van der Waals surface area (Å²) in [4.78, 5) is 29.8. The number of hydrogen-bond donors (Lipinski definition) is 2. The Morgan fingerprint density at radius 2 is 2.06 bits per heavy atom. The average Bonchev–Trinajstić information content (AvgIpc) is 2.28. The third-order valence-corrected chi connectivity index (χ3v) is 2.29. The van der Waals surface area contributed by atoms with Crippen molar-refractivity contribution in [2.45, 2.75) is 19.9 Å². The van der Waals surface area contributed by atoms with Crippen LogP contribution >= 0.6 is 0 Å². The Balaban J connectivity index is 2.62. The van der Waals surface area contributed by atoms with Crippen molar-refractivity contribution in [1.29, 1.82) is 0 Å². The van der Waals surface area contributed by atoms with Crippen molar-refractivity contribution < 1.29 is 14.7 Å². The van der Waals surface area contributed by atoms with Gasteiger partial charge in [-0.1, -0.05) is 0 Å². The van der Waals surface area contributed by atoms with Gasteiger partial charge in [0.2, 0.25) is 0 Å². The largest absolute Gasteiger partial charge is 0.481 e. The van der Waals surface area contributed by atoms with Gasteiger partial charge in [-0.2, -0.15) is 0 Å². The van der Waals surface area contributed by atoms with Crippen molar-refractivity contribution >= 4 is 11.9 Å². The van der Waals surface area contributed by atoms with Crippen LogP contribution in [0.2, 0.25) is 0 Å². The van der Waals surface area contributed by atoms with Gasteiger partial charge in [0.15, 0.2) is 0 Å². The number of nitrogens with zero attached hydrogens (tertiary/aromatic N) is 2. The van der Waals surface area contributed by atoms with E-state index in [-0.39, 0.29) is 5.69 Å². The molecule has 0 saturated carbocycles. The maximum absolute atomic E-state index is 11.6. The molecule has 0 saturated heterocycles. The van der Waals surface area contributed by atoms with E-state index in [2.05, 4.69) is 15.3 Å². The number of amides is 1. The van der Waals surface area contributed by atoms with E-state index in [9.17, 15) is 9.59 Å². The predicted molar refractivity (Wildman–Crippen MR) is 55.8 cm³/mol. The summed E-state index contributed by atoms with van der Waals surface area (Å²) in [5.41, 5.74) is 0.173. The Kier molecular flexibility index (Phi) is 3.93. The minimum atomic E-state index is -0.952. The van der Waals surface area contributed by atoms with Gasteiger partial charge in [-0.3, -0.25) is 14.6 Å². The topological polar surface area (TPSA) is 92.2 Å². The number of carboxylic acids is 1. The number of nitrogens with one attached hydrogen (secondary N) is 1. The van der Waals surface area contributed by atoms with Gasteiger partial charge < -0.3 is 10.4 Å². The fourth-order valence-corrected chi connectivity index (χ4v) is 1.04. The van der Waals surface area contributed by atoms with Gasteiger partial charge in [0, 0.05) is 18.4 Å². The van der Waals surface area contributed by atoms with E-state index < -0.39 is 23.8 Å². The number of carbonyl (C=O) groups excluding carboxylic acids is 1. The fourth-order valence-electron chi connectivity index (χ4n) is 1.04. The summed E-state index contributed by atoms with van der Waals surface area (Å²) in [5.74, 6) is -2.03. The number of carbonyl (C=O) groups is 2. The molecular weight excluding hydrogens is 210 g/mol. The lowest BCUT2D eigenvalue weighted by Crippen LogP contribution is -2.40. The molecule has 0 aliphatic carbocycles. The molecule has 1 heterocycles. The molecule has 1 amide bonds. The zero-order valence-electron chi connectivity index (χ0n) is 9.04. The summed E-state index contributed by atoms with van der Waals surface area (Å²) in [6, 6.07) is -0.466. The molecule has 2 N–H and O–H groups in total. The highest BCUT2D eigenvalue weighted by Crippen LogP contribution is 2.03. The highest BCUT2D eigenvalue weighted by Gasteiger charge is 2.21. The van der Waals surface area contributed by atoms with Crippen molar-refractivity contribution in [3.63, 3.8) is 0 Å². The molecule has 0 aliphatic heterocycles. The number of aromatic nitrogens is 2. The first-order chi connectivity index (χ1) is 7.52. The second-order valence-electron chi connectivity index (χ2n) is 3.48. The third-order valence-electron chi connectivity index (χ3n) is 2.29. The van der Waals surface area contributed by atoms with Crippen molar-refractivity contribution in [2.24, 2.45) is 5.92 Å². The molecule has 0 fully saturated rings. The first kappa shape index (κ1) is 12.1. The van der Waals surface area contributed by atoms with Crippen molar-refractivity contribution in [3.05, 3.63) is 24.3 Å². The molecule has 1 aromatic heterocycles. The summed E-state index contributed by atoms with van der Waals surface area (Å²) in [5, 5.41) is 11.3. The fraction of sp³-hybridized carbons (Fsp3) is 0.400. The van der Waals surface area contributed by atoms with Crippen LogP contribution in [-0.4, -0.2) is 33.0 Å². The van der Waals surface area contributed by atoms with Crippen LogP contribution in [-0.2, 0) is 4.79 Å². The first-order valence-corrected chi connectivity index (χ1v) is 4.82. The second-order valence-corrected chi connectivity index (χ2v) is 3.48. The zero-order valence-corrected chi connectivity index (χ0v) is 9.04. The molecule has 0 spiro atoms. The summed E-state index contributed by atoms with van der Waals surface area (Å²) in [7, 11) is 0. The standard InChI is InChI=1S/C10H13N3O3/c1-6(10(15)16)7(2)13-9(14)8-5-11-3-4-12-8/h3-7H,1-2H3,(H,13,14)(H,15,16). The normalized spacial score (nSPS) is 13.9. The number of hydrogen-bond acceptors (Lipinski definition) is 4. The van der Waals surface area contributed by atoms with Crippen LogP contribution in [0.4, 0.5) is 0 Å². The molecule has 16 heavy (non-hydrogen) atoms. The molecule has 0 bridgehead atoms. The SMILES string of the molecule is CC(NC(=O)c1cnccn1)C(C)C(=O)O. The van der Waals surface area contributed by atoms with Crippen molar-refractivity contribution in [2.75, 3.05) is 0 Å². The van der Waals surface area contributed by atoms with Crippen LogP contribution in [0.5, 0.6) is 0 Å². The zero-order chi connectivity index (χ0) is 12.1. The molecule has 1 rings (SSSR count). The Bertz CT molecular complexity index is 380. The van der Waals surface area contributed by atoms with E-state index in [4.69, 9.17) is 5.11 Å². The molecular formula is C10H13N3O3. The maximum Gasteiger partial charge on any atom is 0.308 e. The van der Waals surface area contributed by atoms with Gasteiger partial charge in [-0.05, 0) is 13.8 Å². The van der Waals surface area contributed by atoms with Gasteiger partial charge in [-0.25, -0.2) is 4.98 Å². The van der Waals surface area contributed by atoms with E-state index in [0.717, 1.165) is 0 Å². The molecule has 0 aromatic carbocycles. The van der Waals surface area contributed by atoms with E-state index in [1.807, 2.05) is 0 Å². The van der Waals surface area contributed by atoms with E-state index >= 15 is 0 Å². The van der Waals surface area contributed by atoms with Gasteiger partial charge in [0.1, 0.15) is 5.69 Å². The minimum Gasteiger partial charge on any atom is -0.481 e. The highest BCUT2D eigenvalue weighted by atomic mass is 16.4. The summed E-state index contributed by atoms with van der Waals surface area (Å²) < 4.78 is 0. The lowest BCUT2D eigenvalue weighted by atomic mass is 10.0. The number of rotatable bonds is 4. The van der Waals surface area contributed by atoms with E-state index in [0.29, 0.717) is 0 Å². The minimum absolute atomic E-state index is 0.173. The monoisotopic (exact) mass is 223 g/mol. The Labute approximate surface area is 92.7 Å². The maximum atomic E-state index is 11.6.